The van der Waals surface area contributed by atoms with E-state index in [2.05, 4.69) is 10.3 Å². The van der Waals surface area contributed by atoms with E-state index in [9.17, 15) is 4.79 Å². The van der Waals surface area contributed by atoms with Crippen molar-refractivity contribution < 1.29 is 13.9 Å². The second kappa shape index (κ2) is 7.82. The fourth-order valence-corrected chi connectivity index (χ4v) is 4.93. The molecule has 0 aliphatic carbocycles. The Bertz CT molecular complexity index is 913. The first-order valence-corrected chi connectivity index (χ1v) is 10.5. The van der Waals surface area contributed by atoms with Crippen molar-refractivity contribution in [3.63, 3.8) is 0 Å². The summed E-state index contributed by atoms with van der Waals surface area (Å²) in [5, 5.41) is 5.98. The number of aromatic nitrogens is 1. The number of aryl methyl sites for hydroxylation is 1. The third kappa shape index (κ3) is 3.79. The number of nitrogens with zero attached hydrogens (tertiary/aromatic N) is 1. The Kier molecular flexibility index (Phi) is 5.28. The van der Waals surface area contributed by atoms with Gasteiger partial charge in [-0.1, -0.05) is 30.0 Å². The maximum atomic E-state index is 12.7. The average Bonchev–Trinajstić information content (AvgIpc) is 3.38. The molecule has 2 aromatic heterocycles. The van der Waals surface area contributed by atoms with Crippen molar-refractivity contribution in [3.05, 3.63) is 46.7 Å². The quantitative estimate of drug-likeness (QED) is 0.634. The van der Waals surface area contributed by atoms with Crippen molar-refractivity contribution in [2.45, 2.75) is 36.0 Å². The fourth-order valence-electron chi connectivity index (χ4n) is 3.05. The fraction of sp³-hybridized carbons (Fsp3) is 0.368. The van der Waals surface area contributed by atoms with Gasteiger partial charge in [0.15, 0.2) is 5.76 Å². The summed E-state index contributed by atoms with van der Waals surface area (Å²) in [6.07, 6.45) is 2.16. The first-order valence-electron chi connectivity index (χ1n) is 8.66. The van der Waals surface area contributed by atoms with Gasteiger partial charge < -0.3 is 14.5 Å². The molecular formula is C19H20N2O3S2. The molecule has 1 N–H and O–H groups in total. The van der Waals surface area contributed by atoms with Crippen molar-refractivity contribution in [3.8, 4) is 0 Å². The normalized spacial score (nSPS) is 17.0. The number of rotatable bonds is 6. The first kappa shape index (κ1) is 17.6. The second-order valence-electron chi connectivity index (χ2n) is 6.29. The smallest absolute Gasteiger partial charge is 0.287 e. The van der Waals surface area contributed by atoms with Gasteiger partial charge in [0.2, 0.25) is 0 Å². The van der Waals surface area contributed by atoms with Crippen LogP contribution < -0.4 is 5.32 Å². The zero-order valence-corrected chi connectivity index (χ0v) is 16.1. The predicted octanol–water partition coefficient (Wildman–Crippen LogP) is 4.40. The van der Waals surface area contributed by atoms with E-state index in [0.29, 0.717) is 18.1 Å². The van der Waals surface area contributed by atoms with Gasteiger partial charge in [-0.25, -0.2) is 4.98 Å². The average molecular weight is 389 g/mol. The summed E-state index contributed by atoms with van der Waals surface area (Å²) in [4.78, 5) is 17.2. The minimum Gasteiger partial charge on any atom is -0.451 e. The molecular weight excluding hydrogens is 368 g/mol. The lowest BCUT2D eigenvalue weighted by molar-refractivity contribution is 0.0836. The highest BCUT2D eigenvalue weighted by Gasteiger charge is 2.23. The number of fused-ring (bicyclic) bond motifs is 1. The van der Waals surface area contributed by atoms with Crippen LogP contribution in [0, 0.1) is 6.92 Å². The number of ether oxygens (including phenoxy) is 1. The van der Waals surface area contributed by atoms with Gasteiger partial charge in [0, 0.05) is 40.9 Å². The number of thiazole rings is 1. The summed E-state index contributed by atoms with van der Waals surface area (Å²) in [5.41, 5.74) is 2.67. The number of benzene rings is 1. The zero-order valence-electron chi connectivity index (χ0n) is 14.5. The lowest BCUT2D eigenvalue weighted by Gasteiger charge is -2.10. The van der Waals surface area contributed by atoms with Crippen LogP contribution >= 0.6 is 23.1 Å². The molecule has 0 radical (unpaired) electrons. The summed E-state index contributed by atoms with van der Waals surface area (Å²) < 4.78 is 12.5. The molecule has 0 unspecified atom stereocenters. The Morgan fingerprint density at radius 2 is 2.31 bits per heavy atom. The summed E-state index contributed by atoms with van der Waals surface area (Å²) in [7, 11) is 0. The van der Waals surface area contributed by atoms with Crippen molar-refractivity contribution >= 4 is 40.0 Å². The van der Waals surface area contributed by atoms with E-state index in [4.69, 9.17) is 9.15 Å². The van der Waals surface area contributed by atoms with Gasteiger partial charge in [-0.2, -0.15) is 0 Å². The van der Waals surface area contributed by atoms with E-state index >= 15 is 0 Å². The number of nitrogens with one attached hydrogen (secondary N) is 1. The molecule has 1 saturated heterocycles. The maximum absolute atomic E-state index is 12.7. The Balaban J connectivity index is 1.55. The standard InChI is InChI=1S/C19H20N2O3S2/c1-12-10-25-19(21-12)26-11-15-14-6-2-3-7-16(14)24-17(15)18(22)20-9-13-5-4-8-23-13/h2-3,6-7,10,13H,4-5,8-9,11H2,1H3,(H,20,22)/t13-/m0/s1. The molecule has 4 rings (SSSR count). The van der Waals surface area contributed by atoms with Gasteiger partial charge in [-0.3, -0.25) is 4.79 Å². The molecule has 0 bridgehead atoms. The largest absolute Gasteiger partial charge is 0.451 e. The van der Waals surface area contributed by atoms with E-state index in [1.807, 2.05) is 36.6 Å². The Hall–Kier alpha value is -1.83. The van der Waals surface area contributed by atoms with Crippen molar-refractivity contribution in [2.75, 3.05) is 13.2 Å². The molecule has 5 nitrogen and oxygen atoms in total. The molecule has 1 aromatic carbocycles. The van der Waals surface area contributed by atoms with Crippen LogP contribution in [0.2, 0.25) is 0 Å². The molecule has 3 heterocycles. The minimum atomic E-state index is -0.178. The topological polar surface area (TPSA) is 64.4 Å². The van der Waals surface area contributed by atoms with Crippen LogP contribution in [0.1, 0.15) is 34.7 Å². The lowest BCUT2D eigenvalue weighted by atomic mass is 10.1. The van der Waals surface area contributed by atoms with Gasteiger partial charge in [0.25, 0.3) is 5.91 Å². The SMILES string of the molecule is Cc1csc(SCc2c(C(=O)NC[C@@H]3CCCO3)oc3ccccc23)n1. The number of furan rings is 1. The van der Waals surface area contributed by atoms with Gasteiger partial charge in [-0.15, -0.1) is 11.3 Å². The highest BCUT2D eigenvalue weighted by atomic mass is 32.2. The van der Waals surface area contributed by atoms with Crippen molar-refractivity contribution in [2.24, 2.45) is 0 Å². The molecule has 3 aromatic rings. The molecule has 1 fully saturated rings. The van der Waals surface area contributed by atoms with E-state index < -0.39 is 0 Å². The summed E-state index contributed by atoms with van der Waals surface area (Å²) in [5.74, 6) is 0.861. The van der Waals surface area contributed by atoms with Gasteiger partial charge in [0.1, 0.15) is 9.92 Å². The molecule has 0 spiro atoms. The number of thioether (sulfide) groups is 1. The zero-order chi connectivity index (χ0) is 17.9. The van der Waals surface area contributed by atoms with Gasteiger partial charge in [0.05, 0.1) is 6.10 Å². The predicted molar refractivity (Wildman–Crippen MR) is 104 cm³/mol. The highest BCUT2D eigenvalue weighted by molar-refractivity contribution is 8.00. The van der Waals surface area contributed by atoms with Crippen LogP contribution in [0.15, 0.2) is 38.4 Å². The molecule has 1 amide bonds. The maximum Gasteiger partial charge on any atom is 0.287 e. The molecule has 7 heteroatoms. The molecule has 1 atom stereocenters. The Morgan fingerprint density at radius 1 is 1.42 bits per heavy atom. The third-order valence-corrected chi connectivity index (χ3v) is 6.52. The number of carbonyl (C=O) groups is 1. The number of hydrogen-bond donors (Lipinski definition) is 1. The van der Waals surface area contributed by atoms with Gasteiger partial charge in [-0.05, 0) is 25.8 Å². The number of amides is 1. The van der Waals surface area contributed by atoms with Crippen molar-refractivity contribution in [1.29, 1.82) is 0 Å². The number of para-hydroxylation sites is 1. The van der Waals surface area contributed by atoms with Crippen LogP contribution in [-0.2, 0) is 10.5 Å². The molecule has 26 heavy (non-hydrogen) atoms. The van der Waals surface area contributed by atoms with Crippen molar-refractivity contribution in [1.82, 2.24) is 10.3 Å². The Labute approximate surface area is 160 Å². The molecule has 136 valence electrons. The van der Waals surface area contributed by atoms with E-state index in [0.717, 1.165) is 46.0 Å². The minimum absolute atomic E-state index is 0.111. The molecule has 0 saturated carbocycles. The summed E-state index contributed by atoms with van der Waals surface area (Å²) in [6, 6.07) is 7.78. The van der Waals surface area contributed by atoms with Crippen LogP contribution in [-0.4, -0.2) is 30.1 Å². The monoisotopic (exact) mass is 388 g/mol. The first-order chi connectivity index (χ1) is 12.7. The van der Waals surface area contributed by atoms with Gasteiger partial charge >= 0.3 is 0 Å². The lowest BCUT2D eigenvalue weighted by Crippen LogP contribution is -2.32. The Morgan fingerprint density at radius 3 is 3.08 bits per heavy atom. The van der Waals surface area contributed by atoms with E-state index in [-0.39, 0.29) is 12.0 Å². The van der Waals surface area contributed by atoms with Crippen LogP contribution in [0.4, 0.5) is 0 Å². The second-order valence-corrected chi connectivity index (χ2v) is 8.37. The number of hydrogen-bond acceptors (Lipinski definition) is 6. The summed E-state index contributed by atoms with van der Waals surface area (Å²) >= 11 is 3.25. The molecule has 1 aliphatic heterocycles. The van der Waals surface area contributed by atoms with E-state index in [1.54, 1.807) is 23.1 Å². The van der Waals surface area contributed by atoms with Crippen LogP contribution in [0.25, 0.3) is 11.0 Å². The van der Waals surface area contributed by atoms with Crippen LogP contribution in [0.3, 0.4) is 0 Å². The summed E-state index contributed by atoms with van der Waals surface area (Å²) in [6.45, 7) is 3.28. The van der Waals surface area contributed by atoms with E-state index in [1.165, 1.54) is 0 Å². The third-order valence-electron chi connectivity index (χ3n) is 4.36. The van der Waals surface area contributed by atoms with Crippen LogP contribution in [0.5, 0.6) is 0 Å². The highest BCUT2D eigenvalue weighted by Crippen LogP contribution is 2.33. The molecule has 1 aliphatic rings. The number of carbonyl (C=O) groups excluding carboxylic acids is 1.